The molecular formula is C20H30N2OS. The molecule has 2 aliphatic heterocycles. The van der Waals surface area contributed by atoms with E-state index in [1.807, 2.05) is 11.8 Å². The quantitative estimate of drug-likeness (QED) is 0.798. The van der Waals surface area contributed by atoms with Crippen LogP contribution in [0.5, 0.6) is 0 Å². The highest BCUT2D eigenvalue weighted by Crippen LogP contribution is 2.28. The van der Waals surface area contributed by atoms with E-state index in [9.17, 15) is 4.79 Å². The third kappa shape index (κ3) is 5.00. The van der Waals surface area contributed by atoms with Crippen molar-refractivity contribution >= 4 is 17.7 Å². The average Bonchev–Trinajstić information content (AvgIpc) is 3.11. The summed E-state index contributed by atoms with van der Waals surface area (Å²) in [4.78, 5) is 16.1. The highest BCUT2D eigenvalue weighted by molar-refractivity contribution is 7.99. The van der Waals surface area contributed by atoms with Crippen LogP contribution < -0.4 is 5.32 Å². The summed E-state index contributed by atoms with van der Waals surface area (Å²) < 4.78 is 0. The first kappa shape index (κ1) is 17.8. The Morgan fingerprint density at radius 2 is 2.00 bits per heavy atom. The zero-order chi connectivity index (χ0) is 16.8. The summed E-state index contributed by atoms with van der Waals surface area (Å²) in [6, 6.07) is 10.6. The maximum absolute atomic E-state index is 12.6. The lowest BCUT2D eigenvalue weighted by Gasteiger charge is -2.29. The van der Waals surface area contributed by atoms with E-state index in [0.29, 0.717) is 17.7 Å². The molecule has 24 heavy (non-hydrogen) atoms. The van der Waals surface area contributed by atoms with E-state index >= 15 is 0 Å². The number of amides is 1. The lowest BCUT2D eigenvalue weighted by molar-refractivity contribution is -0.131. The van der Waals surface area contributed by atoms with Gasteiger partial charge >= 0.3 is 0 Å². The van der Waals surface area contributed by atoms with Crippen LogP contribution in [0.4, 0.5) is 0 Å². The lowest BCUT2D eigenvalue weighted by Crippen LogP contribution is -2.35. The predicted molar refractivity (Wildman–Crippen MR) is 101 cm³/mol. The van der Waals surface area contributed by atoms with Crippen molar-refractivity contribution in [3.8, 4) is 0 Å². The molecule has 1 N–H and O–H groups in total. The zero-order valence-corrected chi connectivity index (χ0v) is 15.6. The van der Waals surface area contributed by atoms with Crippen LogP contribution in [0.1, 0.15) is 32.6 Å². The minimum atomic E-state index is 0.383. The minimum Gasteiger partial charge on any atom is -0.342 e. The van der Waals surface area contributed by atoms with Crippen LogP contribution in [-0.4, -0.2) is 42.7 Å². The van der Waals surface area contributed by atoms with E-state index < -0.39 is 0 Å². The summed E-state index contributed by atoms with van der Waals surface area (Å²) in [6.07, 6.45) is 4.35. The van der Waals surface area contributed by atoms with Gasteiger partial charge in [0, 0.05) is 30.2 Å². The van der Waals surface area contributed by atoms with Gasteiger partial charge in [-0.3, -0.25) is 4.79 Å². The van der Waals surface area contributed by atoms with Gasteiger partial charge in [-0.1, -0.05) is 25.1 Å². The van der Waals surface area contributed by atoms with Gasteiger partial charge in [0.05, 0.1) is 0 Å². The fourth-order valence-corrected chi connectivity index (χ4v) is 4.96. The molecule has 0 aliphatic carbocycles. The van der Waals surface area contributed by atoms with E-state index in [1.165, 1.54) is 17.7 Å². The van der Waals surface area contributed by atoms with Gasteiger partial charge in [-0.05, 0) is 62.2 Å². The first-order valence-corrected chi connectivity index (χ1v) is 10.4. The van der Waals surface area contributed by atoms with Crippen molar-refractivity contribution in [1.29, 1.82) is 0 Å². The van der Waals surface area contributed by atoms with Crippen molar-refractivity contribution in [3.63, 3.8) is 0 Å². The largest absolute Gasteiger partial charge is 0.342 e. The molecule has 2 atom stereocenters. The predicted octanol–water partition coefficient (Wildman–Crippen LogP) is 3.65. The summed E-state index contributed by atoms with van der Waals surface area (Å²) in [5.74, 6) is 3.40. The van der Waals surface area contributed by atoms with Crippen LogP contribution in [0.15, 0.2) is 35.2 Å². The molecule has 1 amide bonds. The number of carbonyl (C=O) groups is 1. The Morgan fingerprint density at radius 1 is 1.25 bits per heavy atom. The Hall–Kier alpha value is -1.00. The number of thioether (sulfide) groups is 1. The van der Waals surface area contributed by atoms with E-state index in [4.69, 9.17) is 0 Å². The van der Waals surface area contributed by atoms with Gasteiger partial charge in [0.25, 0.3) is 0 Å². The summed E-state index contributed by atoms with van der Waals surface area (Å²) in [6.45, 7) is 6.42. The molecule has 132 valence electrons. The van der Waals surface area contributed by atoms with Gasteiger partial charge in [-0.15, -0.1) is 11.8 Å². The monoisotopic (exact) mass is 346 g/mol. The van der Waals surface area contributed by atoms with Crippen LogP contribution in [0.25, 0.3) is 0 Å². The number of likely N-dealkylation sites (tertiary alicyclic amines) is 1. The third-order valence-electron chi connectivity index (χ3n) is 5.55. The van der Waals surface area contributed by atoms with Crippen LogP contribution in [0.3, 0.4) is 0 Å². The SMILES string of the molecule is CC(CC(=O)N1CCC(CSc2ccccc2)C1)C1CCNCC1. The van der Waals surface area contributed by atoms with Gasteiger partial charge in [0.2, 0.25) is 5.91 Å². The second-order valence-electron chi connectivity index (χ2n) is 7.39. The molecule has 2 saturated heterocycles. The Bertz CT molecular complexity index is 516. The van der Waals surface area contributed by atoms with Crippen LogP contribution in [0, 0.1) is 17.8 Å². The number of hydrogen-bond donors (Lipinski definition) is 1. The number of piperidine rings is 1. The van der Waals surface area contributed by atoms with Gasteiger partial charge in [0.15, 0.2) is 0 Å². The standard InChI is InChI=1S/C20H30N2OS/c1-16(18-7-10-21-11-8-18)13-20(23)22-12-9-17(14-22)15-24-19-5-3-2-4-6-19/h2-6,16-18,21H,7-15H2,1H3. The maximum Gasteiger partial charge on any atom is 0.222 e. The first-order chi connectivity index (χ1) is 11.7. The summed E-state index contributed by atoms with van der Waals surface area (Å²) >= 11 is 1.92. The topological polar surface area (TPSA) is 32.3 Å². The summed E-state index contributed by atoms with van der Waals surface area (Å²) in [7, 11) is 0. The normalized spacial score (nSPS) is 23.4. The van der Waals surface area contributed by atoms with Gasteiger partial charge in [-0.25, -0.2) is 0 Å². The molecule has 2 aliphatic rings. The van der Waals surface area contributed by atoms with E-state index in [1.54, 1.807) is 0 Å². The smallest absolute Gasteiger partial charge is 0.222 e. The number of nitrogens with one attached hydrogen (secondary N) is 1. The number of hydrogen-bond acceptors (Lipinski definition) is 3. The average molecular weight is 347 g/mol. The van der Waals surface area contributed by atoms with E-state index in [0.717, 1.165) is 50.7 Å². The van der Waals surface area contributed by atoms with E-state index in [-0.39, 0.29) is 0 Å². The molecule has 4 heteroatoms. The lowest BCUT2D eigenvalue weighted by atomic mass is 9.84. The number of rotatable bonds is 6. The zero-order valence-electron chi connectivity index (χ0n) is 14.7. The van der Waals surface area contributed by atoms with E-state index in [2.05, 4.69) is 47.5 Å². The third-order valence-corrected chi connectivity index (χ3v) is 6.80. The van der Waals surface area contributed by atoms with Crippen molar-refractivity contribution < 1.29 is 4.79 Å². The Kier molecular flexibility index (Phi) is 6.61. The van der Waals surface area contributed by atoms with Gasteiger partial charge in [-0.2, -0.15) is 0 Å². The van der Waals surface area contributed by atoms with Gasteiger partial charge in [0.1, 0.15) is 0 Å². The highest BCUT2D eigenvalue weighted by Gasteiger charge is 2.29. The van der Waals surface area contributed by atoms with Crippen LogP contribution >= 0.6 is 11.8 Å². The molecule has 2 fully saturated rings. The van der Waals surface area contributed by atoms with Crippen molar-refractivity contribution in [2.24, 2.45) is 17.8 Å². The highest BCUT2D eigenvalue weighted by atomic mass is 32.2. The number of benzene rings is 1. The molecule has 0 saturated carbocycles. The molecule has 2 heterocycles. The molecule has 0 spiro atoms. The Morgan fingerprint density at radius 3 is 2.75 bits per heavy atom. The molecule has 1 aromatic rings. The minimum absolute atomic E-state index is 0.383. The Labute approximate surface area is 150 Å². The van der Waals surface area contributed by atoms with Crippen LogP contribution in [0.2, 0.25) is 0 Å². The van der Waals surface area contributed by atoms with Crippen molar-refractivity contribution in [2.45, 2.75) is 37.5 Å². The van der Waals surface area contributed by atoms with Crippen molar-refractivity contribution in [1.82, 2.24) is 10.2 Å². The first-order valence-electron chi connectivity index (χ1n) is 9.38. The van der Waals surface area contributed by atoms with Crippen molar-refractivity contribution in [3.05, 3.63) is 30.3 Å². The fraction of sp³-hybridized carbons (Fsp3) is 0.650. The molecule has 0 radical (unpaired) electrons. The molecule has 0 bridgehead atoms. The second-order valence-corrected chi connectivity index (χ2v) is 8.48. The molecule has 1 aromatic carbocycles. The molecule has 3 nitrogen and oxygen atoms in total. The van der Waals surface area contributed by atoms with Crippen molar-refractivity contribution in [2.75, 3.05) is 31.9 Å². The number of nitrogens with zero attached hydrogens (tertiary/aromatic N) is 1. The molecule has 0 aromatic heterocycles. The summed E-state index contributed by atoms with van der Waals surface area (Å²) in [5, 5.41) is 3.41. The molecule has 3 rings (SSSR count). The second kappa shape index (κ2) is 8.91. The maximum atomic E-state index is 12.6. The summed E-state index contributed by atoms with van der Waals surface area (Å²) in [5.41, 5.74) is 0. The fourth-order valence-electron chi connectivity index (χ4n) is 3.91. The van der Waals surface area contributed by atoms with Gasteiger partial charge < -0.3 is 10.2 Å². The number of carbonyl (C=O) groups excluding carboxylic acids is 1. The molecular weight excluding hydrogens is 316 g/mol. The Balaban J connectivity index is 1.40. The van der Waals surface area contributed by atoms with Crippen LogP contribution in [-0.2, 0) is 4.79 Å². The molecule has 2 unspecified atom stereocenters.